The molecule has 0 aromatic heterocycles. The molecule has 0 fully saturated rings. The first kappa shape index (κ1) is 21.8. The number of benzene rings is 2. The molecule has 0 bridgehead atoms. The summed E-state index contributed by atoms with van der Waals surface area (Å²) in [5.74, 6) is 0.240. The Balaban J connectivity index is 1.85. The van der Waals surface area contributed by atoms with Gasteiger partial charge in [-0.1, -0.05) is 12.1 Å². The van der Waals surface area contributed by atoms with Gasteiger partial charge in [0.2, 0.25) is 5.91 Å². The molecular formula is C22H26N4O3. The Hall–Kier alpha value is -3.53. The van der Waals surface area contributed by atoms with Crippen LogP contribution in [0.5, 0.6) is 5.75 Å². The van der Waals surface area contributed by atoms with Crippen LogP contribution in [0.1, 0.15) is 38.8 Å². The fraction of sp³-hybridized carbons (Fsp3) is 0.318. The first-order valence-corrected chi connectivity index (χ1v) is 9.28. The number of carbonyl (C=O) groups is 2. The van der Waals surface area contributed by atoms with Crippen molar-refractivity contribution in [2.24, 2.45) is 0 Å². The molecule has 3 amide bonds. The minimum Gasteiger partial charge on any atom is -0.489 e. The van der Waals surface area contributed by atoms with E-state index in [-0.39, 0.29) is 0 Å². The number of anilines is 1. The van der Waals surface area contributed by atoms with E-state index in [0.29, 0.717) is 17.9 Å². The van der Waals surface area contributed by atoms with Crippen LogP contribution in [0.15, 0.2) is 48.5 Å². The number of amides is 3. The van der Waals surface area contributed by atoms with Gasteiger partial charge in [0.05, 0.1) is 11.6 Å². The molecule has 0 aliphatic heterocycles. The van der Waals surface area contributed by atoms with Gasteiger partial charge in [-0.2, -0.15) is 5.26 Å². The summed E-state index contributed by atoms with van der Waals surface area (Å²) in [4.78, 5) is 23.9. The summed E-state index contributed by atoms with van der Waals surface area (Å²) in [5.41, 5.74) is 1.80. The molecule has 152 valence electrons. The molecule has 2 aromatic carbocycles. The third-order valence-corrected chi connectivity index (χ3v) is 3.82. The highest BCUT2D eigenvalue weighted by molar-refractivity contribution is 5.98. The number of nitriles is 1. The normalized spacial score (nSPS) is 11.7. The molecule has 1 atom stereocenters. The van der Waals surface area contributed by atoms with Crippen LogP contribution < -0.4 is 20.7 Å². The van der Waals surface area contributed by atoms with E-state index in [9.17, 15) is 9.59 Å². The molecule has 0 aliphatic rings. The average molecular weight is 394 g/mol. The highest BCUT2D eigenvalue weighted by Crippen LogP contribution is 2.18. The maximum Gasteiger partial charge on any atom is 0.321 e. The predicted octanol–water partition coefficient (Wildman–Crippen LogP) is 3.56. The van der Waals surface area contributed by atoms with E-state index < -0.39 is 23.5 Å². The summed E-state index contributed by atoms with van der Waals surface area (Å²) in [6.45, 7) is 7.53. The quantitative estimate of drug-likeness (QED) is 0.695. The first-order chi connectivity index (χ1) is 13.7. The highest BCUT2D eigenvalue weighted by atomic mass is 16.5. The average Bonchev–Trinajstić information content (AvgIpc) is 2.66. The second-order valence-corrected chi connectivity index (χ2v) is 7.68. The number of ether oxygens (including phenoxy) is 1. The van der Waals surface area contributed by atoms with Crippen molar-refractivity contribution in [3.05, 3.63) is 59.7 Å². The van der Waals surface area contributed by atoms with E-state index in [1.807, 2.05) is 32.9 Å². The minimum atomic E-state index is -0.596. The monoisotopic (exact) mass is 394 g/mol. The molecule has 2 aromatic rings. The Morgan fingerprint density at radius 1 is 1.14 bits per heavy atom. The van der Waals surface area contributed by atoms with E-state index in [2.05, 4.69) is 22.0 Å². The molecular weight excluding hydrogens is 368 g/mol. The minimum absolute atomic E-state index is 0.351. The van der Waals surface area contributed by atoms with Gasteiger partial charge in [-0.3, -0.25) is 10.1 Å². The van der Waals surface area contributed by atoms with Gasteiger partial charge in [-0.25, -0.2) is 4.79 Å². The lowest BCUT2D eigenvalue weighted by Gasteiger charge is -2.21. The molecule has 29 heavy (non-hydrogen) atoms. The van der Waals surface area contributed by atoms with Crippen molar-refractivity contribution in [2.45, 2.75) is 45.9 Å². The summed E-state index contributed by atoms with van der Waals surface area (Å²) in [5, 5.41) is 17.0. The first-order valence-electron chi connectivity index (χ1n) is 9.28. The van der Waals surface area contributed by atoms with E-state index in [0.717, 1.165) is 11.3 Å². The van der Waals surface area contributed by atoms with E-state index in [4.69, 9.17) is 10.00 Å². The van der Waals surface area contributed by atoms with Crippen LogP contribution in [0.25, 0.3) is 0 Å². The Morgan fingerprint density at radius 3 is 2.45 bits per heavy atom. The van der Waals surface area contributed by atoms with Crippen molar-refractivity contribution < 1.29 is 14.3 Å². The number of nitrogens with one attached hydrogen (secondary N) is 3. The zero-order chi connectivity index (χ0) is 21.4. The molecule has 1 unspecified atom stereocenters. The van der Waals surface area contributed by atoms with Gasteiger partial charge in [-0.05, 0) is 69.7 Å². The lowest BCUT2D eigenvalue weighted by atomic mass is 10.1. The maximum atomic E-state index is 12.1. The van der Waals surface area contributed by atoms with E-state index >= 15 is 0 Å². The standard InChI is InChI=1S/C22H26N4O3/c1-15(20(27)25-21(28)26-22(2,3)4)24-18-8-10-19(11-9-18)29-14-17-7-5-6-16(12-17)13-23/h5-12,15,24H,14H2,1-4H3,(H2,25,26,27,28). The molecule has 0 aliphatic carbocycles. The van der Waals surface area contributed by atoms with Crippen LogP contribution in [0.4, 0.5) is 10.5 Å². The molecule has 7 nitrogen and oxygen atoms in total. The molecule has 0 saturated carbocycles. The topological polar surface area (TPSA) is 103 Å². The summed E-state index contributed by atoms with van der Waals surface area (Å²) in [7, 11) is 0. The van der Waals surface area contributed by atoms with Crippen molar-refractivity contribution >= 4 is 17.6 Å². The SMILES string of the molecule is CC(Nc1ccc(OCc2cccc(C#N)c2)cc1)C(=O)NC(=O)NC(C)(C)C. The van der Waals surface area contributed by atoms with Gasteiger partial charge in [0.15, 0.2) is 0 Å². The van der Waals surface area contributed by atoms with Gasteiger partial charge in [0.25, 0.3) is 0 Å². The number of imide groups is 1. The molecule has 3 N–H and O–H groups in total. The number of nitrogens with zero attached hydrogens (tertiary/aromatic N) is 1. The molecule has 7 heteroatoms. The molecule has 2 rings (SSSR count). The van der Waals surface area contributed by atoms with Gasteiger partial charge in [0, 0.05) is 11.2 Å². The lowest BCUT2D eigenvalue weighted by Crippen LogP contribution is -2.51. The second kappa shape index (κ2) is 9.60. The molecule has 0 radical (unpaired) electrons. The van der Waals surface area contributed by atoms with Crippen LogP contribution in [-0.4, -0.2) is 23.5 Å². The number of carbonyl (C=O) groups excluding carboxylic acids is 2. The fourth-order valence-electron chi connectivity index (χ4n) is 2.45. The third-order valence-electron chi connectivity index (χ3n) is 3.82. The van der Waals surface area contributed by atoms with Crippen molar-refractivity contribution in [1.29, 1.82) is 5.26 Å². The van der Waals surface area contributed by atoms with E-state index in [1.54, 1.807) is 43.3 Å². The maximum absolute atomic E-state index is 12.1. The zero-order valence-electron chi connectivity index (χ0n) is 17.1. The fourth-order valence-corrected chi connectivity index (χ4v) is 2.45. The van der Waals surface area contributed by atoms with Crippen molar-refractivity contribution in [2.75, 3.05) is 5.32 Å². The molecule has 0 saturated heterocycles. The number of rotatable bonds is 6. The Kier molecular flexibility index (Phi) is 7.21. The largest absolute Gasteiger partial charge is 0.489 e. The van der Waals surface area contributed by atoms with Gasteiger partial charge in [0.1, 0.15) is 18.4 Å². The van der Waals surface area contributed by atoms with E-state index in [1.165, 1.54) is 0 Å². The van der Waals surface area contributed by atoms with Crippen LogP contribution in [-0.2, 0) is 11.4 Å². The van der Waals surface area contributed by atoms with Gasteiger partial charge in [-0.15, -0.1) is 0 Å². The summed E-state index contributed by atoms with van der Waals surface area (Å²) in [6.07, 6.45) is 0. The second-order valence-electron chi connectivity index (χ2n) is 7.68. The van der Waals surface area contributed by atoms with Crippen molar-refractivity contribution in [3.8, 4) is 11.8 Å². The van der Waals surface area contributed by atoms with Gasteiger partial charge >= 0.3 is 6.03 Å². The van der Waals surface area contributed by atoms with Crippen LogP contribution in [0.2, 0.25) is 0 Å². The Morgan fingerprint density at radius 2 is 1.83 bits per heavy atom. The zero-order valence-corrected chi connectivity index (χ0v) is 17.1. The van der Waals surface area contributed by atoms with Crippen molar-refractivity contribution in [1.82, 2.24) is 10.6 Å². The van der Waals surface area contributed by atoms with Gasteiger partial charge < -0.3 is 15.4 Å². The van der Waals surface area contributed by atoms with Crippen LogP contribution in [0.3, 0.4) is 0 Å². The summed E-state index contributed by atoms with van der Waals surface area (Å²) < 4.78 is 5.73. The molecule has 0 spiro atoms. The Bertz CT molecular complexity index is 896. The number of hydrogen-bond acceptors (Lipinski definition) is 5. The van der Waals surface area contributed by atoms with Crippen molar-refractivity contribution in [3.63, 3.8) is 0 Å². The summed E-state index contributed by atoms with van der Waals surface area (Å²) in [6, 6.07) is 15.4. The van der Waals surface area contributed by atoms with Crippen LogP contribution >= 0.6 is 0 Å². The summed E-state index contributed by atoms with van der Waals surface area (Å²) >= 11 is 0. The lowest BCUT2D eigenvalue weighted by molar-refractivity contribution is -0.120. The molecule has 0 heterocycles. The Labute approximate surface area is 171 Å². The number of hydrogen-bond donors (Lipinski definition) is 3. The predicted molar refractivity (Wildman–Crippen MR) is 111 cm³/mol. The highest BCUT2D eigenvalue weighted by Gasteiger charge is 2.19. The van der Waals surface area contributed by atoms with Crippen LogP contribution in [0, 0.1) is 11.3 Å². The third kappa shape index (κ3) is 7.54. The number of urea groups is 1. The smallest absolute Gasteiger partial charge is 0.321 e.